The molecule has 0 aromatic carbocycles. The van der Waals surface area contributed by atoms with E-state index >= 15 is 0 Å². The summed E-state index contributed by atoms with van der Waals surface area (Å²) >= 11 is 1.74. The van der Waals surface area contributed by atoms with Crippen LogP contribution in [0, 0.1) is 0 Å². The highest BCUT2D eigenvalue weighted by molar-refractivity contribution is 14.0. The van der Waals surface area contributed by atoms with Crippen molar-refractivity contribution in [3.8, 4) is 5.75 Å². The van der Waals surface area contributed by atoms with Crippen molar-refractivity contribution in [3.05, 3.63) is 46.9 Å². The van der Waals surface area contributed by atoms with Crippen molar-refractivity contribution in [1.29, 1.82) is 0 Å². The molecule has 1 atom stereocenters. The van der Waals surface area contributed by atoms with Gasteiger partial charge < -0.3 is 15.4 Å². The van der Waals surface area contributed by atoms with E-state index in [0.717, 1.165) is 18.3 Å². The van der Waals surface area contributed by atoms with Crippen molar-refractivity contribution >= 4 is 41.3 Å². The minimum Gasteiger partial charge on any atom is -0.490 e. The maximum Gasteiger partial charge on any atom is 0.191 e. The quantitative estimate of drug-likeness (QED) is 0.296. The number of nitrogens with one attached hydrogen (secondary N) is 2. The highest BCUT2D eigenvalue weighted by Gasteiger charge is 2.08. The molecule has 0 spiro atoms. The third-order valence-corrected chi connectivity index (χ3v) is 3.99. The van der Waals surface area contributed by atoms with Crippen molar-refractivity contribution in [1.82, 2.24) is 15.6 Å². The average Bonchev–Trinajstić information content (AvgIpc) is 3.07. The Kier molecular flexibility index (Phi) is 9.61. The topological polar surface area (TPSA) is 58.5 Å². The fraction of sp³-hybridized carbons (Fsp3) is 0.375. The molecule has 0 fully saturated rings. The number of rotatable bonds is 7. The Labute approximate surface area is 158 Å². The lowest BCUT2D eigenvalue weighted by Crippen LogP contribution is -2.38. The molecule has 0 saturated carbocycles. The lowest BCUT2D eigenvalue weighted by Gasteiger charge is -2.16. The van der Waals surface area contributed by atoms with Crippen LogP contribution in [-0.4, -0.2) is 30.6 Å². The second-order valence-corrected chi connectivity index (χ2v) is 5.66. The Morgan fingerprint density at radius 3 is 2.91 bits per heavy atom. The van der Waals surface area contributed by atoms with Crippen molar-refractivity contribution < 1.29 is 4.74 Å². The molecule has 126 valence electrons. The SMILES string of the molecule is CCNC(=NCCOc1cccnc1)NC(C)c1cccs1.I. The smallest absolute Gasteiger partial charge is 0.191 e. The fourth-order valence-corrected chi connectivity index (χ4v) is 2.62. The molecule has 23 heavy (non-hydrogen) atoms. The monoisotopic (exact) mass is 446 g/mol. The average molecular weight is 446 g/mol. The van der Waals surface area contributed by atoms with Crippen LogP contribution in [0.25, 0.3) is 0 Å². The van der Waals surface area contributed by atoms with E-state index in [0.29, 0.717) is 13.2 Å². The van der Waals surface area contributed by atoms with Crippen molar-refractivity contribution in [2.45, 2.75) is 19.9 Å². The van der Waals surface area contributed by atoms with Crippen LogP contribution in [0.15, 0.2) is 47.0 Å². The van der Waals surface area contributed by atoms with Crippen LogP contribution >= 0.6 is 35.3 Å². The van der Waals surface area contributed by atoms with Crippen LogP contribution in [0.3, 0.4) is 0 Å². The summed E-state index contributed by atoms with van der Waals surface area (Å²) in [5.41, 5.74) is 0. The summed E-state index contributed by atoms with van der Waals surface area (Å²) in [5.74, 6) is 1.57. The van der Waals surface area contributed by atoms with Gasteiger partial charge in [-0.3, -0.25) is 4.98 Å². The Morgan fingerprint density at radius 2 is 2.26 bits per heavy atom. The largest absolute Gasteiger partial charge is 0.490 e. The standard InChI is InChI=1S/C16H22N4OS.HI/c1-3-18-16(20-13(2)15-7-5-11-22-15)19-9-10-21-14-6-4-8-17-12-14;/h4-8,11-13H,3,9-10H2,1-2H3,(H2,18,19,20);1H. The van der Waals surface area contributed by atoms with E-state index in [-0.39, 0.29) is 30.0 Å². The highest BCUT2D eigenvalue weighted by atomic mass is 127. The van der Waals surface area contributed by atoms with Gasteiger partial charge in [0.1, 0.15) is 12.4 Å². The van der Waals surface area contributed by atoms with Gasteiger partial charge in [-0.2, -0.15) is 0 Å². The first-order chi connectivity index (χ1) is 10.8. The molecule has 2 heterocycles. The molecule has 2 rings (SSSR count). The van der Waals surface area contributed by atoms with Gasteiger partial charge in [-0.15, -0.1) is 35.3 Å². The molecular weight excluding hydrogens is 423 g/mol. The number of nitrogens with zero attached hydrogens (tertiary/aromatic N) is 2. The van der Waals surface area contributed by atoms with Crippen molar-refractivity contribution in [3.63, 3.8) is 0 Å². The second-order valence-electron chi connectivity index (χ2n) is 4.68. The number of hydrogen-bond donors (Lipinski definition) is 2. The molecule has 2 aromatic rings. The van der Waals surface area contributed by atoms with Gasteiger partial charge in [0.05, 0.1) is 18.8 Å². The lowest BCUT2D eigenvalue weighted by molar-refractivity contribution is 0.327. The van der Waals surface area contributed by atoms with E-state index in [2.05, 4.69) is 52.0 Å². The van der Waals surface area contributed by atoms with Gasteiger partial charge in [-0.1, -0.05) is 6.07 Å². The number of thiophene rings is 1. The second kappa shape index (κ2) is 11.2. The molecule has 0 bridgehead atoms. The summed E-state index contributed by atoms with van der Waals surface area (Å²) in [6.45, 7) is 6.12. The van der Waals surface area contributed by atoms with Gasteiger partial charge in [-0.25, -0.2) is 4.99 Å². The summed E-state index contributed by atoms with van der Waals surface area (Å²) in [6.07, 6.45) is 3.43. The maximum atomic E-state index is 5.59. The van der Waals surface area contributed by atoms with E-state index in [9.17, 15) is 0 Å². The zero-order chi connectivity index (χ0) is 15.6. The first-order valence-corrected chi connectivity index (χ1v) is 8.28. The van der Waals surface area contributed by atoms with Crippen LogP contribution < -0.4 is 15.4 Å². The van der Waals surface area contributed by atoms with Gasteiger partial charge in [0, 0.05) is 17.6 Å². The number of guanidine groups is 1. The van der Waals surface area contributed by atoms with E-state index in [1.54, 1.807) is 23.7 Å². The predicted octanol–water partition coefficient (Wildman–Crippen LogP) is 3.46. The summed E-state index contributed by atoms with van der Waals surface area (Å²) < 4.78 is 5.59. The minimum absolute atomic E-state index is 0. The molecule has 0 radical (unpaired) electrons. The van der Waals surface area contributed by atoms with Crippen LogP contribution in [0.2, 0.25) is 0 Å². The molecule has 1 unspecified atom stereocenters. The van der Waals surface area contributed by atoms with E-state index in [1.807, 2.05) is 12.1 Å². The van der Waals surface area contributed by atoms with Crippen molar-refractivity contribution in [2.24, 2.45) is 4.99 Å². The Balaban J connectivity index is 0.00000264. The molecule has 0 saturated heterocycles. The fourth-order valence-electron chi connectivity index (χ4n) is 1.89. The predicted molar refractivity (Wildman–Crippen MR) is 107 cm³/mol. The van der Waals surface area contributed by atoms with E-state index < -0.39 is 0 Å². The number of hydrogen-bond acceptors (Lipinski definition) is 4. The first-order valence-electron chi connectivity index (χ1n) is 7.40. The van der Waals surface area contributed by atoms with Gasteiger partial charge in [0.15, 0.2) is 5.96 Å². The summed E-state index contributed by atoms with van der Waals surface area (Å²) in [6, 6.07) is 8.16. The zero-order valence-electron chi connectivity index (χ0n) is 13.4. The molecule has 2 aromatic heterocycles. The normalized spacial score (nSPS) is 12.2. The maximum absolute atomic E-state index is 5.59. The van der Waals surface area contributed by atoms with Crippen LogP contribution in [0.5, 0.6) is 5.75 Å². The number of halogens is 1. The highest BCUT2D eigenvalue weighted by Crippen LogP contribution is 2.17. The molecule has 7 heteroatoms. The van der Waals surface area contributed by atoms with Gasteiger partial charge in [0.2, 0.25) is 0 Å². The number of aromatic nitrogens is 1. The van der Waals surface area contributed by atoms with Crippen LogP contribution in [0.1, 0.15) is 24.8 Å². The summed E-state index contributed by atoms with van der Waals surface area (Å²) in [7, 11) is 0. The number of ether oxygens (including phenoxy) is 1. The molecule has 0 aliphatic rings. The van der Waals surface area contributed by atoms with Gasteiger partial charge in [-0.05, 0) is 37.4 Å². The molecule has 0 aliphatic heterocycles. The number of pyridine rings is 1. The van der Waals surface area contributed by atoms with Crippen LogP contribution in [0.4, 0.5) is 0 Å². The first kappa shape index (κ1) is 19.7. The van der Waals surface area contributed by atoms with Gasteiger partial charge >= 0.3 is 0 Å². The molecule has 0 amide bonds. The Morgan fingerprint density at radius 1 is 1.39 bits per heavy atom. The molecular formula is C16H23IN4OS. The van der Waals surface area contributed by atoms with Crippen LogP contribution in [-0.2, 0) is 0 Å². The molecule has 5 nitrogen and oxygen atoms in total. The summed E-state index contributed by atoms with van der Waals surface area (Å²) in [4.78, 5) is 9.83. The molecule has 0 aliphatic carbocycles. The van der Waals surface area contributed by atoms with E-state index in [4.69, 9.17) is 4.74 Å². The summed E-state index contributed by atoms with van der Waals surface area (Å²) in [5, 5.41) is 8.73. The third-order valence-electron chi connectivity index (χ3n) is 2.93. The van der Waals surface area contributed by atoms with Gasteiger partial charge in [0.25, 0.3) is 0 Å². The zero-order valence-corrected chi connectivity index (χ0v) is 16.5. The Hall–Kier alpha value is -1.35. The van der Waals surface area contributed by atoms with Crippen molar-refractivity contribution in [2.75, 3.05) is 19.7 Å². The number of aliphatic imine (C=N–C) groups is 1. The minimum atomic E-state index is 0. The van der Waals surface area contributed by atoms with E-state index in [1.165, 1.54) is 4.88 Å². The Bertz CT molecular complexity index is 563. The molecule has 2 N–H and O–H groups in total. The third kappa shape index (κ3) is 7.17. The lowest BCUT2D eigenvalue weighted by atomic mass is 10.3.